The number of hydrogen-bond acceptors (Lipinski definition) is 4. The van der Waals surface area contributed by atoms with Crippen LogP contribution < -0.4 is 4.74 Å². The Morgan fingerprint density at radius 3 is 1.63 bits per heavy atom. The molecular formula is C29H30O4S2. The third-order valence-corrected chi connectivity index (χ3v) is 8.32. The van der Waals surface area contributed by atoms with Crippen molar-refractivity contribution in [3.05, 3.63) is 115 Å². The van der Waals surface area contributed by atoms with Crippen LogP contribution in [0.15, 0.2) is 129 Å². The Balaban J connectivity index is 0.000000261. The molecule has 182 valence electrons. The molecule has 0 spiro atoms. The van der Waals surface area contributed by atoms with Gasteiger partial charge >= 0.3 is 0 Å². The first-order chi connectivity index (χ1) is 16.8. The van der Waals surface area contributed by atoms with E-state index in [2.05, 4.69) is 98.8 Å². The molecule has 4 aromatic carbocycles. The Bertz CT molecular complexity index is 1230. The van der Waals surface area contributed by atoms with Crippen LogP contribution in [0.3, 0.4) is 0 Å². The second-order valence-corrected chi connectivity index (χ2v) is 11.4. The Hall–Kier alpha value is -3.06. The van der Waals surface area contributed by atoms with Crippen molar-refractivity contribution >= 4 is 21.0 Å². The summed E-state index contributed by atoms with van der Waals surface area (Å²) in [6.07, 6.45) is 1.26. The molecule has 4 aromatic rings. The van der Waals surface area contributed by atoms with Gasteiger partial charge in [0.15, 0.2) is 14.7 Å². The summed E-state index contributed by atoms with van der Waals surface area (Å²) in [5, 5.41) is 0. The van der Waals surface area contributed by atoms with Crippen LogP contribution in [0.5, 0.6) is 5.75 Å². The van der Waals surface area contributed by atoms with E-state index in [0.717, 1.165) is 17.7 Å². The lowest BCUT2D eigenvalue weighted by Crippen LogP contribution is -2.10. The van der Waals surface area contributed by atoms with E-state index < -0.39 is 10.1 Å². The lowest BCUT2D eigenvalue weighted by atomic mass is 10.2. The molecule has 1 unspecified atom stereocenters. The average Bonchev–Trinajstić information content (AvgIpc) is 2.87. The summed E-state index contributed by atoms with van der Waals surface area (Å²) in [6, 6.07) is 35.8. The van der Waals surface area contributed by atoms with Gasteiger partial charge in [0.2, 0.25) is 0 Å². The van der Waals surface area contributed by atoms with Crippen LogP contribution in [0.25, 0.3) is 0 Å². The van der Waals surface area contributed by atoms with Gasteiger partial charge in [0, 0.05) is 0 Å². The highest BCUT2D eigenvalue weighted by molar-refractivity contribution is 7.97. The van der Waals surface area contributed by atoms with Crippen molar-refractivity contribution in [2.45, 2.75) is 52.9 Å². The Kier molecular flexibility index (Phi) is 9.55. The van der Waals surface area contributed by atoms with Crippen LogP contribution in [-0.4, -0.2) is 19.1 Å². The predicted octanol–water partition coefficient (Wildman–Crippen LogP) is 6.86. The van der Waals surface area contributed by atoms with Gasteiger partial charge in [-0.05, 0) is 80.9 Å². The minimum atomic E-state index is -4.27. The van der Waals surface area contributed by atoms with E-state index in [0.29, 0.717) is 0 Å². The SMILES string of the molecule is CCC(C)Oc1ccc([S+](c2ccccc2)c2ccccc2)cc1.Cc1ccc(S(=O)(=O)[O-])cc1. The summed E-state index contributed by atoms with van der Waals surface area (Å²) in [7, 11) is -4.36. The van der Waals surface area contributed by atoms with Crippen molar-refractivity contribution in [1.29, 1.82) is 0 Å². The molecule has 0 heterocycles. The van der Waals surface area contributed by atoms with Crippen LogP contribution in [-0.2, 0) is 21.0 Å². The molecule has 4 nitrogen and oxygen atoms in total. The molecule has 0 radical (unpaired) electrons. The van der Waals surface area contributed by atoms with E-state index in [1.165, 1.54) is 26.8 Å². The maximum absolute atomic E-state index is 10.4. The normalized spacial score (nSPS) is 11.9. The van der Waals surface area contributed by atoms with E-state index >= 15 is 0 Å². The monoisotopic (exact) mass is 506 g/mol. The van der Waals surface area contributed by atoms with Crippen molar-refractivity contribution in [1.82, 2.24) is 0 Å². The highest BCUT2D eigenvalue weighted by atomic mass is 32.2. The predicted molar refractivity (Wildman–Crippen MR) is 141 cm³/mol. The van der Waals surface area contributed by atoms with E-state index in [9.17, 15) is 13.0 Å². The fourth-order valence-corrected chi connectivity index (χ4v) is 5.75. The average molecular weight is 507 g/mol. The second-order valence-electron chi connectivity index (χ2n) is 8.01. The molecule has 0 aromatic heterocycles. The quantitative estimate of drug-likeness (QED) is 0.203. The number of rotatable bonds is 7. The zero-order chi connectivity index (χ0) is 25.3. The molecule has 6 heteroatoms. The van der Waals surface area contributed by atoms with Gasteiger partial charge < -0.3 is 9.29 Å². The molecule has 1 atom stereocenters. The third kappa shape index (κ3) is 7.99. The second kappa shape index (κ2) is 12.6. The smallest absolute Gasteiger partial charge is 0.166 e. The molecule has 0 saturated carbocycles. The van der Waals surface area contributed by atoms with E-state index in [4.69, 9.17) is 4.74 Å². The van der Waals surface area contributed by atoms with Crippen molar-refractivity contribution in [3.8, 4) is 5.75 Å². The molecule has 0 aliphatic rings. The number of ether oxygens (including phenoxy) is 1. The van der Waals surface area contributed by atoms with Gasteiger partial charge in [0.05, 0.1) is 21.9 Å². The summed E-state index contributed by atoms with van der Waals surface area (Å²) < 4.78 is 37.1. The highest BCUT2D eigenvalue weighted by Gasteiger charge is 2.28. The van der Waals surface area contributed by atoms with Gasteiger partial charge in [-0.15, -0.1) is 0 Å². The van der Waals surface area contributed by atoms with Gasteiger partial charge in [-0.2, -0.15) is 0 Å². The molecule has 4 rings (SSSR count). The minimum Gasteiger partial charge on any atom is -0.744 e. The third-order valence-electron chi connectivity index (χ3n) is 5.24. The fraction of sp³-hybridized carbons (Fsp3) is 0.172. The van der Waals surface area contributed by atoms with Gasteiger partial charge in [-0.3, -0.25) is 0 Å². The van der Waals surface area contributed by atoms with Gasteiger partial charge in [0.25, 0.3) is 0 Å². The summed E-state index contributed by atoms with van der Waals surface area (Å²) >= 11 is 0. The van der Waals surface area contributed by atoms with Crippen molar-refractivity contribution < 1.29 is 17.7 Å². The Labute approximate surface area is 211 Å². The van der Waals surface area contributed by atoms with Crippen LogP contribution in [0.1, 0.15) is 25.8 Å². The Morgan fingerprint density at radius 2 is 1.20 bits per heavy atom. The van der Waals surface area contributed by atoms with Gasteiger partial charge in [-0.1, -0.05) is 61.0 Å². The molecule has 0 bridgehead atoms. The van der Waals surface area contributed by atoms with Crippen LogP contribution in [0.2, 0.25) is 0 Å². The fourth-order valence-electron chi connectivity index (χ4n) is 3.20. The van der Waals surface area contributed by atoms with E-state index in [1.54, 1.807) is 12.1 Å². The maximum atomic E-state index is 10.4. The summed E-state index contributed by atoms with van der Waals surface area (Å²) in [5.41, 5.74) is 0.928. The number of aryl methyl sites for hydroxylation is 1. The molecule has 35 heavy (non-hydrogen) atoms. The van der Waals surface area contributed by atoms with Crippen LogP contribution >= 0.6 is 0 Å². The van der Waals surface area contributed by atoms with Crippen LogP contribution in [0, 0.1) is 6.92 Å². The lowest BCUT2D eigenvalue weighted by Gasteiger charge is -2.13. The van der Waals surface area contributed by atoms with Gasteiger partial charge in [-0.25, -0.2) is 8.42 Å². The number of hydrogen-bond donors (Lipinski definition) is 0. The summed E-state index contributed by atoms with van der Waals surface area (Å²) in [4.78, 5) is 3.80. The molecule has 0 aliphatic carbocycles. The first-order valence-electron chi connectivity index (χ1n) is 11.4. The van der Waals surface area contributed by atoms with Gasteiger partial charge in [0.1, 0.15) is 15.9 Å². The van der Waals surface area contributed by atoms with Crippen molar-refractivity contribution in [2.75, 3.05) is 0 Å². The number of benzene rings is 4. The van der Waals surface area contributed by atoms with Crippen LogP contribution in [0.4, 0.5) is 0 Å². The molecular weight excluding hydrogens is 476 g/mol. The van der Waals surface area contributed by atoms with Crippen molar-refractivity contribution in [2.24, 2.45) is 0 Å². The molecule has 0 amide bonds. The summed E-state index contributed by atoms with van der Waals surface area (Å²) in [5.74, 6) is 0.942. The largest absolute Gasteiger partial charge is 0.744 e. The molecule has 0 fully saturated rings. The molecule has 0 aliphatic heterocycles. The maximum Gasteiger partial charge on any atom is 0.166 e. The highest BCUT2D eigenvalue weighted by Crippen LogP contribution is 2.32. The Morgan fingerprint density at radius 1 is 0.743 bits per heavy atom. The standard InChI is InChI=1S/C22H23OS.C7H8O3S/c1-3-18(2)23-19-14-16-22(17-15-19)24(20-10-6-4-7-11-20)21-12-8-5-9-13-21;1-6-2-4-7(5-3-6)11(8,9)10/h4-18H,3H2,1-2H3;2-5H,1H3,(H,8,9,10)/q+1;/p-1. The summed E-state index contributed by atoms with van der Waals surface area (Å²) in [6.45, 7) is 6.06. The van der Waals surface area contributed by atoms with E-state index in [1.807, 2.05) is 6.92 Å². The first kappa shape index (κ1) is 26.5. The first-order valence-corrected chi connectivity index (χ1v) is 14.0. The molecule has 0 saturated heterocycles. The lowest BCUT2D eigenvalue weighted by molar-refractivity contribution is 0.217. The van der Waals surface area contributed by atoms with Crippen molar-refractivity contribution in [3.63, 3.8) is 0 Å². The topological polar surface area (TPSA) is 66.4 Å². The van der Waals surface area contributed by atoms with E-state index in [-0.39, 0.29) is 21.9 Å². The zero-order valence-electron chi connectivity index (χ0n) is 20.1. The molecule has 0 N–H and O–H groups in total. The minimum absolute atomic E-state index is 0.0929. The zero-order valence-corrected chi connectivity index (χ0v) is 21.8.